The molecule has 0 fully saturated rings. The molecule has 1 aromatic heterocycles. The molecule has 0 radical (unpaired) electrons. The van der Waals surface area contributed by atoms with E-state index in [1.165, 1.54) is 7.11 Å². The molecule has 2 aromatic carbocycles. The van der Waals surface area contributed by atoms with E-state index in [9.17, 15) is 9.90 Å². The molecule has 0 aliphatic heterocycles. The quantitative estimate of drug-likeness (QED) is 0.462. The molecule has 0 bridgehead atoms. The van der Waals surface area contributed by atoms with Crippen LogP contribution in [0.15, 0.2) is 59.9 Å². The van der Waals surface area contributed by atoms with Crippen molar-refractivity contribution < 1.29 is 19.4 Å². The molecule has 0 amide bonds. The summed E-state index contributed by atoms with van der Waals surface area (Å²) in [5.41, 5.74) is 3.35. The lowest BCUT2D eigenvalue weighted by Crippen LogP contribution is -2.07. The number of imidazole rings is 1. The van der Waals surface area contributed by atoms with E-state index in [-0.39, 0.29) is 12.6 Å². The molecule has 0 atom stereocenters. The normalized spacial score (nSPS) is 10.7. The van der Waals surface area contributed by atoms with Crippen molar-refractivity contribution in [3.63, 3.8) is 0 Å². The molecule has 6 nitrogen and oxygen atoms in total. The van der Waals surface area contributed by atoms with Crippen molar-refractivity contribution in [2.45, 2.75) is 24.1 Å². The predicted molar refractivity (Wildman–Crippen MR) is 108 cm³/mol. The Balaban J connectivity index is 1.76. The molecule has 146 valence electrons. The van der Waals surface area contributed by atoms with Gasteiger partial charge in [0.25, 0.3) is 0 Å². The smallest absolute Gasteiger partial charge is 0.337 e. The van der Waals surface area contributed by atoms with E-state index in [0.717, 1.165) is 27.7 Å². The van der Waals surface area contributed by atoms with E-state index in [0.29, 0.717) is 17.9 Å². The molecule has 0 saturated carbocycles. The maximum atomic E-state index is 11.5. The van der Waals surface area contributed by atoms with Gasteiger partial charge in [0.15, 0.2) is 5.16 Å². The van der Waals surface area contributed by atoms with Crippen LogP contribution in [0.5, 0.6) is 5.75 Å². The van der Waals surface area contributed by atoms with Crippen molar-refractivity contribution >= 4 is 17.7 Å². The van der Waals surface area contributed by atoms with Gasteiger partial charge in [0.2, 0.25) is 0 Å². The van der Waals surface area contributed by atoms with Gasteiger partial charge in [0.05, 0.1) is 44.8 Å². The highest BCUT2D eigenvalue weighted by Crippen LogP contribution is 2.26. The second kappa shape index (κ2) is 9.43. The standard InChI is InChI=1S/C21H22N2O4S/c1-26-19-6-4-3-5-17(19)12-23-18(13-24)11-22-21(23)28-14-15-7-9-16(10-8-15)20(25)27-2/h3-11,24H,12-14H2,1-2H3. The minimum Gasteiger partial charge on any atom is -0.496 e. The van der Waals surface area contributed by atoms with Crippen LogP contribution in [0.3, 0.4) is 0 Å². The van der Waals surface area contributed by atoms with E-state index in [4.69, 9.17) is 9.47 Å². The maximum absolute atomic E-state index is 11.5. The summed E-state index contributed by atoms with van der Waals surface area (Å²) in [6, 6.07) is 15.1. The number of hydrogen-bond acceptors (Lipinski definition) is 6. The Kier molecular flexibility index (Phi) is 6.73. The number of thioether (sulfide) groups is 1. The summed E-state index contributed by atoms with van der Waals surface area (Å²) in [7, 11) is 3.01. The number of aliphatic hydroxyl groups is 1. The van der Waals surface area contributed by atoms with Crippen LogP contribution in [0.1, 0.15) is 27.2 Å². The maximum Gasteiger partial charge on any atom is 0.337 e. The SMILES string of the molecule is COC(=O)c1ccc(CSc2ncc(CO)n2Cc2ccccc2OC)cc1. The number of aliphatic hydroxyl groups excluding tert-OH is 1. The van der Waals surface area contributed by atoms with E-state index >= 15 is 0 Å². The molecule has 1 heterocycles. The fourth-order valence-electron chi connectivity index (χ4n) is 2.81. The average molecular weight is 398 g/mol. The lowest BCUT2D eigenvalue weighted by atomic mass is 10.1. The van der Waals surface area contributed by atoms with Crippen molar-refractivity contribution in [1.29, 1.82) is 0 Å². The third-order valence-corrected chi connectivity index (χ3v) is 5.39. The Bertz CT molecular complexity index is 938. The van der Waals surface area contributed by atoms with Gasteiger partial charge in [-0.25, -0.2) is 9.78 Å². The number of hydrogen-bond donors (Lipinski definition) is 1. The highest BCUT2D eigenvalue weighted by atomic mass is 32.2. The molecule has 0 aliphatic carbocycles. The summed E-state index contributed by atoms with van der Waals surface area (Å²) >= 11 is 1.57. The zero-order valence-corrected chi connectivity index (χ0v) is 16.6. The molecule has 3 aromatic rings. The monoisotopic (exact) mass is 398 g/mol. The third-order valence-electron chi connectivity index (χ3n) is 4.33. The molecule has 0 spiro atoms. The van der Waals surface area contributed by atoms with Crippen molar-refractivity contribution in [1.82, 2.24) is 9.55 Å². The molecular weight excluding hydrogens is 376 g/mol. The third kappa shape index (κ3) is 4.55. The van der Waals surface area contributed by atoms with Crippen LogP contribution in [0.2, 0.25) is 0 Å². The summed E-state index contributed by atoms with van der Waals surface area (Å²) in [6.07, 6.45) is 1.69. The van der Waals surface area contributed by atoms with Gasteiger partial charge in [-0.2, -0.15) is 0 Å². The minimum atomic E-state index is -0.348. The summed E-state index contributed by atoms with van der Waals surface area (Å²) in [6.45, 7) is 0.472. The first-order chi connectivity index (χ1) is 13.7. The van der Waals surface area contributed by atoms with Gasteiger partial charge in [0, 0.05) is 11.3 Å². The Morgan fingerprint density at radius 3 is 2.57 bits per heavy atom. The number of benzene rings is 2. The number of methoxy groups -OCH3 is 2. The minimum absolute atomic E-state index is 0.0868. The molecular formula is C21H22N2O4S. The highest BCUT2D eigenvalue weighted by Gasteiger charge is 2.13. The Morgan fingerprint density at radius 2 is 1.89 bits per heavy atom. The average Bonchev–Trinajstić information content (AvgIpc) is 3.14. The Hall–Kier alpha value is -2.77. The number of carbonyl (C=O) groups is 1. The first-order valence-corrected chi connectivity index (χ1v) is 9.72. The van der Waals surface area contributed by atoms with Crippen molar-refractivity contribution in [2.75, 3.05) is 14.2 Å². The van der Waals surface area contributed by atoms with Crippen molar-refractivity contribution in [2.24, 2.45) is 0 Å². The van der Waals surface area contributed by atoms with Crippen LogP contribution in [0, 0.1) is 0 Å². The summed E-state index contributed by atoms with van der Waals surface area (Å²) in [4.78, 5) is 16.0. The van der Waals surface area contributed by atoms with Gasteiger partial charge < -0.3 is 19.1 Å². The van der Waals surface area contributed by atoms with Gasteiger partial charge in [-0.1, -0.05) is 42.1 Å². The van der Waals surface area contributed by atoms with Gasteiger partial charge in [-0.15, -0.1) is 0 Å². The van der Waals surface area contributed by atoms with E-state index < -0.39 is 0 Å². The fourth-order valence-corrected chi connectivity index (χ4v) is 3.76. The topological polar surface area (TPSA) is 73.6 Å². The molecule has 0 saturated heterocycles. The van der Waals surface area contributed by atoms with Crippen LogP contribution in [0.25, 0.3) is 0 Å². The molecule has 0 aliphatic rings. The van der Waals surface area contributed by atoms with Crippen molar-refractivity contribution in [3.8, 4) is 5.75 Å². The van der Waals surface area contributed by atoms with Crippen molar-refractivity contribution in [3.05, 3.63) is 77.1 Å². The lowest BCUT2D eigenvalue weighted by molar-refractivity contribution is 0.0600. The van der Waals surface area contributed by atoms with Gasteiger partial charge >= 0.3 is 5.97 Å². The van der Waals surface area contributed by atoms with Crippen LogP contribution in [-0.4, -0.2) is 34.8 Å². The zero-order chi connectivity index (χ0) is 19.9. The van der Waals surface area contributed by atoms with E-state index in [1.54, 1.807) is 37.2 Å². The first-order valence-electron chi connectivity index (χ1n) is 8.73. The molecule has 1 N–H and O–H groups in total. The molecule has 28 heavy (non-hydrogen) atoms. The summed E-state index contributed by atoms with van der Waals surface area (Å²) < 4.78 is 12.1. The number of ether oxygens (including phenoxy) is 2. The van der Waals surface area contributed by atoms with Gasteiger partial charge in [-0.3, -0.25) is 0 Å². The van der Waals surface area contributed by atoms with Gasteiger partial charge in [-0.05, 0) is 23.8 Å². The Labute approximate surface area is 168 Å². The van der Waals surface area contributed by atoms with Gasteiger partial charge in [0.1, 0.15) is 5.75 Å². The first kappa shape index (κ1) is 20.0. The van der Waals surface area contributed by atoms with Crippen LogP contribution >= 0.6 is 11.8 Å². The van der Waals surface area contributed by atoms with Crippen LogP contribution in [-0.2, 0) is 23.6 Å². The largest absolute Gasteiger partial charge is 0.496 e. The number of para-hydroxylation sites is 1. The van der Waals surface area contributed by atoms with E-state index in [2.05, 4.69) is 4.98 Å². The van der Waals surface area contributed by atoms with Crippen LogP contribution in [0.4, 0.5) is 0 Å². The number of esters is 1. The van der Waals surface area contributed by atoms with E-state index in [1.807, 2.05) is 41.0 Å². The van der Waals surface area contributed by atoms with Crippen LogP contribution < -0.4 is 4.74 Å². The molecule has 0 unspecified atom stereocenters. The molecule has 3 rings (SSSR count). The highest BCUT2D eigenvalue weighted by molar-refractivity contribution is 7.98. The number of carbonyl (C=O) groups excluding carboxylic acids is 1. The predicted octanol–water partition coefficient (Wildman–Crippen LogP) is 3.51. The second-order valence-electron chi connectivity index (χ2n) is 6.07. The summed E-state index contributed by atoms with van der Waals surface area (Å²) in [5, 5.41) is 10.5. The Morgan fingerprint density at radius 1 is 1.14 bits per heavy atom. The number of aromatic nitrogens is 2. The lowest BCUT2D eigenvalue weighted by Gasteiger charge is -2.13. The summed E-state index contributed by atoms with van der Waals surface area (Å²) in [5.74, 6) is 1.14. The number of rotatable bonds is 8. The zero-order valence-electron chi connectivity index (χ0n) is 15.8. The number of nitrogens with zero attached hydrogens (tertiary/aromatic N) is 2. The molecule has 7 heteroatoms. The second-order valence-corrected chi connectivity index (χ2v) is 7.01. The fraction of sp³-hybridized carbons (Fsp3) is 0.238.